The van der Waals surface area contributed by atoms with E-state index in [-0.39, 0.29) is 10.8 Å². The summed E-state index contributed by atoms with van der Waals surface area (Å²) in [5, 5.41) is 13.1. The molecule has 0 fully saturated rings. The smallest absolute Gasteiger partial charge is 0.225 e. The maximum absolute atomic E-state index is 13.1. The summed E-state index contributed by atoms with van der Waals surface area (Å²) < 4.78 is 1.17. The van der Waals surface area contributed by atoms with Crippen LogP contribution >= 0.6 is 0 Å². The van der Waals surface area contributed by atoms with Crippen LogP contribution in [0.15, 0.2) is 54.6 Å². The van der Waals surface area contributed by atoms with Crippen molar-refractivity contribution >= 4 is 17.0 Å². The number of benzene rings is 2. The molecule has 0 unspecified atom stereocenters. The van der Waals surface area contributed by atoms with Crippen LogP contribution in [0.4, 0.5) is 5.69 Å². The number of fused-ring (bicyclic) bond motifs is 3. The summed E-state index contributed by atoms with van der Waals surface area (Å²) in [5.74, 6) is 0. The average molecular weight is 317 g/mol. The van der Waals surface area contributed by atoms with Crippen molar-refractivity contribution in [1.29, 1.82) is 0 Å². The first-order valence-corrected chi connectivity index (χ1v) is 8.56. The Morgan fingerprint density at radius 3 is 2.33 bits per heavy atom. The van der Waals surface area contributed by atoms with Crippen molar-refractivity contribution in [3.8, 4) is 11.1 Å². The lowest BCUT2D eigenvalue weighted by Gasteiger charge is -2.36. The second kappa shape index (κ2) is 4.83. The van der Waals surface area contributed by atoms with Crippen molar-refractivity contribution < 1.29 is 4.74 Å². The van der Waals surface area contributed by atoms with E-state index >= 15 is 0 Å². The normalized spacial score (nSPS) is 20.4. The minimum Gasteiger partial charge on any atom is -0.618 e. The summed E-state index contributed by atoms with van der Waals surface area (Å²) in [6.07, 6.45) is 3.27. The Bertz CT molecular complexity index is 885. The lowest BCUT2D eigenvalue weighted by Crippen LogP contribution is -2.36. The molecule has 0 spiro atoms. The van der Waals surface area contributed by atoms with E-state index in [1.807, 2.05) is 24.3 Å². The van der Waals surface area contributed by atoms with Crippen molar-refractivity contribution in [2.75, 3.05) is 0 Å². The van der Waals surface area contributed by atoms with Gasteiger partial charge in [-0.3, -0.25) is 0 Å². The molecule has 0 saturated heterocycles. The molecule has 1 heterocycles. The molecular weight excluding hydrogens is 294 g/mol. The highest BCUT2D eigenvalue weighted by atomic mass is 16.5. The monoisotopic (exact) mass is 317 g/mol. The van der Waals surface area contributed by atoms with Crippen LogP contribution in [0.1, 0.15) is 39.7 Å². The zero-order valence-electron chi connectivity index (χ0n) is 14.8. The van der Waals surface area contributed by atoms with E-state index in [1.165, 1.54) is 4.74 Å². The van der Waals surface area contributed by atoms with E-state index in [1.54, 1.807) is 0 Å². The van der Waals surface area contributed by atoms with Gasteiger partial charge in [-0.25, -0.2) is 0 Å². The molecular formula is C22H23NO. The van der Waals surface area contributed by atoms with Gasteiger partial charge < -0.3 is 5.21 Å². The molecule has 0 aromatic heterocycles. The molecule has 2 aromatic carbocycles. The number of hydrogen-bond donors (Lipinski definition) is 0. The summed E-state index contributed by atoms with van der Waals surface area (Å²) in [4.78, 5) is 0. The summed E-state index contributed by atoms with van der Waals surface area (Å²) in [6.45, 7) is 8.88. The highest BCUT2D eigenvalue weighted by molar-refractivity contribution is 6.28. The lowest BCUT2D eigenvalue weighted by molar-refractivity contribution is -0.361. The minimum atomic E-state index is -0.124. The van der Waals surface area contributed by atoms with Crippen LogP contribution in [-0.2, 0) is 0 Å². The number of rotatable bonds is 1. The van der Waals surface area contributed by atoms with Crippen LogP contribution < -0.4 is 0 Å². The van der Waals surface area contributed by atoms with Crippen LogP contribution in [0.2, 0.25) is 0 Å². The molecule has 0 radical (unpaired) electrons. The fourth-order valence-electron chi connectivity index (χ4n) is 4.55. The van der Waals surface area contributed by atoms with Crippen LogP contribution in [-0.4, -0.2) is 10.5 Å². The highest BCUT2D eigenvalue weighted by Gasteiger charge is 2.48. The van der Waals surface area contributed by atoms with Crippen LogP contribution in [0.3, 0.4) is 0 Å². The predicted molar refractivity (Wildman–Crippen MR) is 100 cm³/mol. The summed E-state index contributed by atoms with van der Waals surface area (Å²) in [6, 6.07) is 16.5. The summed E-state index contributed by atoms with van der Waals surface area (Å²) >= 11 is 0. The Morgan fingerprint density at radius 1 is 0.917 bits per heavy atom. The van der Waals surface area contributed by atoms with Gasteiger partial charge in [0.2, 0.25) is 11.4 Å². The molecule has 0 saturated carbocycles. The molecule has 0 amide bonds. The SMILES string of the molecule is CC1(C)C=C2C(=[N+]([O-])c3cc(-c4ccccc4)ccc32)C(C)(C)C1. The quantitative estimate of drug-likeness (QED) is 0.483. The first kappa shape index (κ1) is 15.2. The molecule has 2 heteroatoms. The van der Waals surface area contributed by atoms with E-state index < -0.39 is 0 Å². The molecule has 2 nitrogen and oxygen atoms in total. The van der Waals surface area contributed by atoms with Gasteiger partial charge in [0.1, 0.15) is 0 Å². The van der Waals surface area contributed by atoms with Crippen molar-refractivity contribution in [3.63, 3.8) is 0 Å². The number of allylic oxidation sites excluding steroid dienone is 2. The van der Waals surface area contributed by atoms with E-state index in [4.69, 9.17) is 0 Å². The second-order valence-electron chi connectivity index (χ2n) is 8.35. The standard InChI is InChI=1S/C22H23NO/c1-21(2)13-18-17-11-10-16(15-8-6-5-7-9-15)12-19(17)23(24)20(18)22(3,4)14-21/h5-13H,14H2,1-4H3. The molecule has 1 aliphatic heterocycles. The van der Waals surface area contributed by atoms with Gasteiger partial charge in [0.15, 0.2) is 0 Å². The van der Waals surface area contributed by atoms with Gasteiger partial charge in [-0.2, -0.15) is 4.74 Å². The van der Waals surface area contributed by atoms with Crippen molar-refractivity contribution in [1.82, 2.24) is 0 Å². The Morgan fingerprint density at radius 2 is 1.62 bits per heavy atom. The van der Waals surface area contributed by atoms with Crippen LogP contribution in [0.25, 0.3) is 16.7 Å². The number of hydrogen-bond acceptors (Lipinski definition) is 1. The fourth-order valence-corrected chi connectivity index (χ4v) is 4.55. The van der Waals surface area contributed by atoms with Gasteiger partial charge in [-0.1, -0.05) is 56.3 Å². The third kappa shape index (κ3) is 2.21. The van der Waals surface area contributed by atoms with Crippen molar-refractivity contribution in [2.45, 2.75) is 34.1 Å². The van der Waals surface area contributed by atoms with Gasteiger partial charge in [-0.15, -0.1) is 0 Å². The van der Waals surface area contributed by atoms with E-state index in [0.717, 1.165) is 40.1 Å². The van der Waals surface area contributed by atoms with Crippen LogP contribution in [0.5, 0.6) is 0 Å². The average Bonchev–Trinajstić information content (AvgIpc) is 2.79. The predicted octanol–water partition coefficient (Wildman–Crippen LogP) is 5.79. The van der Waals surface area contributed by atoms with E-state index in [9.17, 15) is 5.21 Å². The van der Waals surface area contributed by atoms with Gasteiger partial charge in [0, 0.05) is 6.07 Å². The van der Waals surface area contributed by atoms with Crippen molar-refractivity contribution in [3.05, 3.63) is 65.4 Å². The summed E-state index contributed by atoms with van der Waals surface area (Å²) in [7, 11) is 0. The highest BCUT2D eigenvalue weighted by Crippen LogP contribution is 2.50. The van der Waals surface area contributed by atoms with Gasteiger partial charge in [0.25, 0.3) is 0 Å². The first-order valence-electron chi connectivity index (χ1n) is 8.56. The Balaban J connectivity index is 1.93. The summed E-state index contributed by atoms with van der Waals surface area (Å²) in [5.41, 5.74) is 6.10. The fraction of sp³-hybridized carbons (Fsp3) is 0.318. The Hall–Kier alpha value is -2.35. The molecule has 24 heavy (non-hydrogen) atoms. The molecule has 0 N–H and O–H groups in total. The zero-order chi connectivity index (χ0) is 17.1. The maximum atomic E-state index is 13.1. The van der Waals surface area contributed by atoms with Crippen molar-refractivity contribution in [2.24, 2.45) is 10.8 Å². The lowest BCUT2D eigenvalue weighted by atomic mass is 9.65. The minimum absolute atomic E-state index is 0.100. The van der Waals surface area contributed by atoms with E-state index in [0.29, 0.717) is 0 Å². The van der Waals surface area contributed by atoms with Gasteiger partial charge >= 0.3 is 0 Å². The first-order chi connectivity index (χ1) is 11.3. The maximum Gasteiger partial charge on any atom is 0.225 e. The van der Waals surface area contributed by atoms with Crippen LogP contribution in [0, 0.1) is 16.0 Å². The molecule has 122 valence electrons. The molecule has 1 aliphatic carbocycles. The van der Waals surface area contributed by atoms with Gasteiger partial charge in [0.05, 0.1) is 16.6 Å². The van der Waals surface area contributed by atoms with Gasteiger partial charge in [-0.05, 0) is 42.9 Å². The third-order valence-corrected chi connectivity index (χ3v) is 5.15. The zero-order valence-corrected chi connectivity index (χ0v) is 14.8. The Labute approximate surface area is 143 Å². The largest absolute Gasteiger partial charge is 0.618 e. The second-order valence-corrected chi connectivity index (χ2v) is 8.35. The van der Waals surface area contributed by atoms with E-state index in [2.05, 4.69) is 58.0 Å². The molecule has 0 bridgehead atoms. The molecule has 0 atom stereocenters. The molecule has 4 rings (SSSR count). The third-order valence-electron chi connectivity index (χ3n) is 5.15. The molecule has 2 aliphatic rings. The molecule has 2 aromatic rings. The Kier molecular flexibility index (Phi) is 3.05. The topological polar surface area (TPSA) is 26.1 Å². The number of nitrogens with zero attached hydrogens (tertiary/aromatic N) is 1.